The minimum atomic E-state index is -3.83. The molecule has 28 heavy (non-hydrogen) atoms. The Labute approximate surface area is 166 Å². The summed E-state index contributed by atoms with van der Waals surface area (Å²) >= 11 is 3.03. The Morgan fingerprint density at radius 1 is 1.46 bits per heavy atom. The Morgan fingerprint density at radius 2 is 2.25 bits per heavy atom. The number of hydroxylamine groups is 1. The first kappa shape index (κ1) is 20.1. The zero-order valence-electron chi connectivity index (χ0n) is 13.9. The zero-order chi connectivity index (χ0) is 20.3. The van der Waals surface area contributed by atoms with Gasteiger partial charge in [-0.15, -0.1) is 0 Å². The van der Waals surface area contributed by atoms with Crippen molar-refractivity contribution in [3.8, 4) is 0 Å². The van der Waals surface area contributed by atoms with E-state index in [0.29, 0.717) is 5.69 Å². The molecule has 150 valence electrons. The number of halogens is 2. The van der Waals surface area contributed by atoms with Crippen molar-refractivity contribution in [2.24, 2.45) is 4.99 Å². The third kappa shape index (κ3) is 4.44. The topological polar surface area (TPSA) is 162 Å². The molecule has 0 aliphatic carbocycles. The van der Waals surface area contributed by atoms with Gasteiger partial charge in [0.2, 0.25) is 11.7 Å². The van der Waals surface area contributed by atoms with Gasteiger partial charge < -0.3 is 5.32 Å². The number of hydrogen-bond acceptors (Lipinski definition) is 9. The fourth-order valence-electron chi connectivity index (χ4n) is 2.26. The molecule has 1 saturated heterocycles. The third-order valence-corrected chi connectivity index (χ3v) is 5.60. The monoisotopic (exact) mass is 477 g/mol. The molecule has 15 heteroatoms. The second-order valence-electron chi connectivity index (χ2n) is 5.42. The summed E-state index contributed by atoms with van der Waals surface area (Å²) in [5, 5.41) is 19.4. The van der Waals surface area contributed by atoms with Crippen molar-refractivity contribution in [2.75, 3.05) is 25.0 Å². The Hall–Kier alpha value is -2.62. The largest absolute Gasteiger partial charge is 0.364 e. The van der Waals surface area contributed by atoms with Crippen LogP contribution in [0.1, 0.15) is 5.69 Å². The Balaban J connectivity index is 1.72. The fraction of sp³-hybridized carbons (Fsp3) is 0.231. The van der Waals surface area contributed by atoms with E-state index in [4.69, 9.17) is 0 Å². The first-order valence-corrected chi connectivity index (χ1v) is 9.85. The van der Waals surface area contributed by atoms with Gasteiger partial charge >= 0.3 is 10.2 Å². The van der Waals surface area contributed by atoms with E-state index in [-0.39, 0.29) is 41.5 Å². The van der Waals surface area contributed by atoms with Crippen LogP contribution in [0.2, 0.25) is 0 Å². The molecule has 0 bridgehead atoms. The van der Waals surface area contributed by atoms with Gasteiger partial charge in [-0.25, -0.2) is 18.7 Å². The van der Waals surface area contributed by atoms with Gasteiger partial charge in [-0.2, -0.15) is 12.7 Å². The van der Waals surface area contributed by atoms with Crippen LogP contribution in [0.15, 0.2) is 32.3 Å². The standard InChI is InChI=1S/C13H13BrFN7O5S/c14-8-5-7(1-2-9(8)15)17-13(18-24)11-12(20-27-19-11)16-3-4-22-6-10(23)21-28(22,25)26/h1-2,5,24H,3-4,6H2,(H,16,20)(H,17,18)(H,21,23). The van der Waals surface area contributed by atoms with Crippen LogP contribution in [-0.4, -0.2) is 59.6 Å². The van der Waals surface area contributed by atoms with E-state index < -0.39 is 21.9 Å². The molecule has 1 aromatic carbocycles. The fourth-order valence-corrected chi connectivity index (χ4v) is 3.73. The van der Waals surface area contributed by atoms with Crippen molar-refractivity contribution in [3.63, 3.8) is 0 Å². The van der Waals surface area contributed by atoms with E-state index in [1.165, 1.54) is 18.2 Å². The number of amides is 1. The van der Waals surface area contributed by atoms with Crippen LogP contribution < -0.4 is 15.5 Å². The molecule has 1 fully saturated rings. The highest BCUT2D eigenvalue weighted by atomic mass is 79.9. The molecule has 0 spiro atoms. The number of aliphatic imine (C=N–C) groups is 1. The number of carbonyl (C=O) groups excluding carboxylic acids is 1. The lowest BCUT2D eigenvalue weighted by Crippen LogP contribution is -2.33. The number of anilines is 1. The maximum atomic E-state index is 13.3. The zero-order valence-corrected chi connectivity index (χ0v) is 16.3. The summed E-state index contributed by atoms with van der Waals surface area (Å²) in [5.41, 5.74) is 2.15. The second kappa shape index (κ2) is 8.17. The SMILES string of the molecule is O=C1CN(CCNc2nonc2C(=Nc2ccc(F)c(Br)c2)NO)S(=O)(=O)N1. The number of carbonyl (C=O) groups is 1. The molecule has 1 aliphatic heterocycles. The lowest BCUT2D eigenvalue weighted by atomic mass is 10.3. The van der Waals surface area contributed by atoms with Crippen LogP contribution in [0.4, 0.5) is 15.9 Å². The van der Waals surface area contributed by atoms with Gasteiger partial charge in [-0.05, 0) is 44.4 Å². The van der Waals surface area contributed by atoms with Crippen LogP contribution in [-0.2, 0) is 15.0 Å². The number of benzene rings is 1. The molecule has 0 radical (unpaired) electrons. The van der Waals surface area contributed by atoms with Crippen LogP contribution in [0, 0.1) is 5.82 Å². The number of aromatic nitrogens is 2. The van der Waals surface area contributed by atoms with Crippen molar-refractivity contribution < 1.29 is 27.4 Å². The Bertz CT molecular complexity index is 1030. The predicted molar refractivity (Wildman–Crippen MR) is 96.6 cm³/mol. The van der Waals surface area contributed by atoms with Gasteiger partial charge in [0.1, 0.15) is 5.82 Å². The predicted octanol–water partition coefficient (Wildman–Crippen LogP) is 0.117. The maximum Gasteiger partial charge on any atom is 0.304 e. The molecule has 2 aromatic rings. The molecule has 12 nitrogen and oxygen atoms in total. The lowest BCUT2D eigenvalue weighted by molar-refractivity contribution is -0.118. The van der Waals surface area contributed by atoms with Gasteiger partial charge in [0.25, 0.3) is 0 Å². The molecule has 1 aliphatic rings. The summed E-state index contributed by atoms with van der Waals surface area (Å²) in [4.78, 5) is 15.3. The van der Waals surface area contributed by atoms with Gasteiger partial charge in [0.05, 0.1) is 16.7 Å². The minimum absolute atomic E-state index is 0.00132. The van der Waals surface area contributed by atoms with E-state index in [0.717, 1.165) is 4.31 Å². The minimum Gasteiger partial charge on any atom is -0.364 e. The van der Waals surface area contributed by atoms with Crippen molar-refractivity contribution in [1.82, 2.24) is 24.8 Å². The Kier molecular flexibility index (Phi) is 5.87. The van der Waals surface area contributed by atoms with Crippen LogP contribution in [0.25, 0.3) is 0 Å². The molecule has 2 heterocycles. The summed E-state index contributed by atoms with van der Waals surface area (Å²) in [6.07, 6.45) is 0. The van der Waals surface area contributed by atoms with Crippen LogP contribution in [0.3, 0.4) is 0 Å². The summed E-state index contributed by atoms with van der Waals surface area (Å²) in [6, 6.07) is 3.94. The molecule has 0 atom stereocenters. The molecule has 0 saturated carbocycles. The van der Waals surface area contributed by atoms with E-state index in [1.54, 1.807) is 0 Å². The molecular weight excluding hydrogens is 465 g/mol. The number of nitrogens with one attached hydrogen (secondary N) is 3. The number of rotatable bonds is 6. The average molecular weight is 478 g/mol. The van der Waals surface area contributed by atoms with E-state index in [1.807, 2.05) is 10.2 Å². The summed E-state index contributed by atoms with van der Waals surface area (Å²) in [6.45, 7) is -0.244. The number of hydrogen-bond donors (Lipinski definition) is 4. The quantitative estimate of drug-likeness (QED) is 0.257. The molecular formula is C13H13BrFN7O5S. The van der Waals surface area contributed by atoms with Gasteiger partial charge in [-0.3, -0.25) is 15.5 Å². The molecule has 1 amide bonds. The normalized spacial score (nSPS) is 16.8. The molecule has 3 rings (SSSR count). The number of amidine groups is 1. The summed E-state index contributed by atoms with van der Waals surface area (Å²) in [5.74, 6) is -1.17. The maximum absolute atomic E-state index is 13.3. The first-order valence-electron chi connectivity index (χ1n) is 7.61. The van der Waals surface area contributed by atoms with Crippen molar-refractivity contribution in [2.45, 2.75) is 0 Å². The smallest absolute Gasteiger partial charge is 0.304 e. The average Bonchev–Trinajstić information content (AvgIpc) is 3.19. The second-order valence-corrected chi connectivity index (χ2v) is 7.95. The molecule has 1 aromatic heterocycles. The van der Waals surface area contributed by atoms with E-state index >= 15 is 0 Å². The highest BCUT2D eigenvalue weighted by molar-refractivity contribution is 9.10. The lowest BCUT2D eigenvalue weighted by Gasteiger charge is -2.12. The summed E-state index contributed by atoms with van der Waals surface area (Å²) < 4.78 is 44.3. The number of nitrogens with zero attached hydrogens (tertiary/aromatic N) is 4. The highest BCUT2D eigenvalue weighted by Crippen LogP contribution is 2.23. The van der Waals surface area contributed by atoms with Crippen molar-refractivity contribution in [1.29, 1.82) is 0 Å². The van der Waals surface area contributed by atoms with Crippen LogP contribution in [0.5, 0.6) is 0 Å². The summed E-state index contributed by atoms with van der Waals surface area (Å²) in [7, 11) is -3.83. The van der Waals surface area contributed by atoms with Gasteiger partial charge in [0, 0.05) is 13.1 Å². The third-order valence-electron chi connectivity index (χ3n) is 3.52. The molecule has 4 N–H and O–H groups in total. The van der Waals surface area contributed by atoms with E-state index in [9.17, 15) is 22.8 Å². The highest BCUT2D eigenvalue weighted by Gasteiger charge is 2.33. The van der Waals surface area contributed by atoms with Gasteiger partial charge in [0.15, 0.2) is 11.5 Å². The van der Waals surface area contributed by atoms with Crippen molar-refractivity contribution >= 4 is 49.4 Å². The first-order chi connectivity index (χ1) is 13.3. The Morgan fingerprint density at radius 3 is 2.89 bits per heavy atom. The van der Waals surface area contributed by atoms with Gasteiger partial charge in [-0.1, -0.05) is 0 Å². The van der Waals surface area contributed by atoms with Crippen LogP contribution >= 0.6 is 15.9 Å². The van der Waals surface area contributed by atoms with E-state index in [2.05, 4.69) is 41.2 Å². The van der Waals surface area contributed by atoms with Crippen molar-refractivity contribution in [3.05, 3.63) is 34.2 Å². The molecule has 0 unspecified atom stereocenters.